The lowest BCUT2D eigenvalue weighted by molar-refractivity contribution is -0.142. The monoisotopic (exact) mass is 308 g/mol. The van der Waals surface area contributed by atoms with Crippen LogP contribution in [0.5, 0.6) is 0 Å². The first kappa shape index (κ1) is 13.3. The maximum absolute atomic E-state index is 11.7. The van der Waals surface area contributed by atoms with Crippen LogP contribution in [0.15, 0.2) is 30.3 Å². The largest absolute Gasteiger partial charge is 0.465 e. The quantitative estimate of drug-likeness (QED) is 0.455. The Balaban J connectivity index is 1.82. The Morgan fingerprint density at radius 1 is 1.28 bits per heavy atom. The van der Waals surface area contributed by atoms with Gasteiger partial charge in [-0.3, -0.25) is 4.79 Å². The molecule has 0 radical (unpaired) electrons. The number of ether oxygens (including phenoxy) is 1. The van der Waals surface area contributed by atoms with Crippen LogP contribution < -0.4 is 0 Å². The summed E-state index contributed by atoms with van der Waals surface area (Å²) >= 11 is 3.36. The second-order valence-corrected chi connectivity index (χ2v) is 5.18. The Kier molecular flexibility index (Phi) is 5.00. The standard InChI is InChI=1S/C15H17BrO2/c16-9-3-4-10-18-15(17)11-13-8-7-12-5-1-2-6-14(12)13/h1-2,5-6,8H,3-4,7,9-11H2. The SMILES string of the molecule is O=C(CC1=CCc2ccccc21)OCCCCBr. The van der Waals surface area contributed by atoms with E-state index in [2.05, 4.69) is 34.1 Å². The van der Waals surface area contributed by atoms with E-state index in [0.29, 0.717) is 13.0 Å². The van der Waals surface area contributed by atoms with Crippen molar-refractivity contribution in [1.82, 2.24) is 0 Å². The number of unbranched alkanes of at least 4 members (excludes halogenated alkanes) is 1. The van der Waals surface area contributed by atoms with Crippen LogP contribution >= 0.6 is 15.9 Å². The van der Waals surface area contributed by atoms with Crippen molar-refractivity contribution in [2.24, 2.45) is 0 Å². The average molecular weight is 309 g/mol. The lowest BCUT2D eigenvalue weighted by Crippen LogP contribution is -2.06. The van der Waals surface area contributed by atoms with Gasteiger partial charge < -0.3 is 4.74 Å². The molecule has 96 valence electrons. The van der Waals surface area contributed by atoms with Gasteiger partial charge in [-0.25, -0.2) is 0 Å². The molecule has 1 aromatic rings. The zero-order chi connectivity index (χ0) is 12.8. The van der Waals surface area contributed by atoms with Gasteiger partial charge >= 0.3 is 5.97 Å². The van der Waals surface area contributed by atoms with Crippen molar-refractivity contribution >= 4 is 27.5 Å². The number of benzene rings is 1. The summed E-state index contributed by atoms with van der Waals surface area (Å²) in [6, 6.07) is 8.24. The van der Waals surface area contributed by atoms with Crippen LogP contribution in [0.1, 0.15) is 30.4 Å². The number of alkyl halides is 1. The molecule has 0 heterocycles. The normalized spacial score (nSPS) is 13.1. The van der Waals surface area contributed by atoms with Crippen molar-refractivity contribution in [3.63, 3.8) is 0 Å². The van der Waals surface area contributed by atoms with Crippen LogP contribution in [0.25, 0.3) is 5.57 Å². The van der Waals surface area contributed by atoms with Crippen molar-refractivity contribution in [2.75, 3.05) is 11.9 Å². The summed E-state index contributed by atoms with van der Waals surface area (Å²) in [4.78, 5) is 11.7. The fourth-order valence-corrected chi connectivity index (χ4v) is 2.51. The summed E-state index contributed by atoms with van der Waals surface area (Å²) in [7, 11) is 0. The molecule has 0 fully saturated rings. The van der Waals surface area contributed by atoms with E-state index in [1.807, 2.05) is 12.1 Å². The summed E-state index contributed by atoms with van der Waals surface area (Å²) in [5, 5.41) is 0.961. The number of allylic oxidation sites excluding steroid dienone is 1. The number of esters is 1. The fourth-order valence-electron chi connectivity index (χ4n) is 2.11. The predicted molar refractivity (Wildman–Crippen MR) is 76.7 cm³/mol. The molecule has 0 bridgehead atoms. The molecule has 0 amide bonds. The lowest BCUT2D eigenvalue weighted by atomic mass is 10.0. The van der Waals surface area contributed by atoms with E-state index in [1.165, 1.54) is 11.1 Å². The molecular weight excluding hydrogens is 292 g/mol. The van der Waals surface area contributed by atoms with Gasteiger partial charge in [-0.05, 0) is 36.0 Å². The molecule has 0 spiro atoms. The fraction of sp³-hybridized carbons (Fsp3) is 0.400. The molecule has 1 aliphatic rings. The Labute approximate surface area is 116 Å². The zero-order valence-electron chi connectivity index (χ0n) is 10.3. The summed E-state index contributed by atoms with van der Waals surface area (Å²) < 4.78 is 5.22. The topological polar surface area (TPSA) is 26.3 Å². The molecule has 0 unspecified atom stereocenters. The molecule has 0 atom stereocenters. The summed E-state index contributed by atoms with van der Waals surface area (Å²) in [5.41, 5.74) is 3.62. The van der Waals surface area contributed by atoms with Gasteiger partial charge in [0.05, 0.1) is 13.0 Å². The Bertz CT molecular complexity index is 452. The number of fused-ring (bicyclic) bond motifs is 1. The second kappa shape index (κ2) is 6.74. The number of carbonyl (C=O) groups is 1. The highest BCUT2D eigenvalue weighted by Crippen LogP contribution is 2.29. The van der Waals surface area contributed by atoms with Crippen LogP contribution in [0, 0.1) is 0 Å². The van der Waals surface area contributed by atoms with Crippen LogP contribution in [0.3, 0.4) is 0 Å². The van der Waals surface area contributed by atoms with Gasteiger partial charge in [0.2, 0.25) is 0 Å². The first-order valence-electron chi connectivity index (χ1n) is 6.30. The van der Waals surface area contributed by atoms with Crippen molar-refractivity contribution < 1.29 is 9.53 Å². The van der Waals surface area contributed by atoms with Crippen LogP contribution in [0.4, 0.5) is 0 Å². The molecule has 0 N–H and O–H groups in total. The minimum Gasteiger partial charge on any atom is -0.465 e. The minimum absolute atomic E-state index is 0.118. The highest BCUT2D eigenvalue weighted by molar-refractivity contribution is 9.09. The highest BCUT2D eigenvalue weighted by atomic mass is 79.9. The molecule has 1 aliphatic carbocycles. The van der Waals surface area contributed by atoms with E-state index in [0.717, 1.165) is 30.2 Å². The Hall–Kier alpha value is -1.09. The van der Waals surface area contributed by atoms with Crippen LogP contribution in [-0.4, -0.2) is 17.9 Å². The van der Waals surface area contributed by atoms with E-state index in [9.17, 15) is 4.79 Å². The van der Waals surface area contributed by atoms with Crippen LogP contribution in [-0.2, 0) is 16.0 Å². The highest BCUT2D eigenvalue weighted by Gasteiger charge is 2.16. The third-order valence-electron chi connectivity index (χ3n) is 3.06. The number of carbonyl (C=O) groups excluding carboxylic acids is 1. The summed E-state index contributed by atoms with van der Waals surface area (Å²) in [6.07, 6.45) is 5.42. The minimum atomic E-state index is -0.118. The molecule has 0 saturated heterocycles. The van der Waals surface area contributed by atoms with E-state index < -0.39 is 0 Å². The van der Waals surface area contributed by atoms with E-state index in [4.69, 9.17) is 4.74 Å². The maximum atomic E-state index is 11.7. The van der Waals surface area contributed by atoms with Gasteiger partial charge in [-0.2, -0.15) is 0 Å². The lowest BCUT2D eigenvalue weighted by Gasteiger charge is -2.06. The third-order valence-corrected chi connectivity index (χ3v) is 3.62. The molecule has 3 heteroatoms. The summed E-state index contributed by atoms with van der Waals surface area (Å²) in [6.45, 7) is 0.527. The number of rotatable bonds is 6. The molecular formula is C15H17BrO2. The molecule has 0 aromatic heterocycles. The molecule has 18 heavy (non-hydrogen) atoms. The smallest absolute Gasteiger partial charge is 0.310 e. The molecule has 1 aromatic carbocycles. The first-order valence-corrected chi connectivity index (χ1v) is 7.42. The molecule has 2 rings (SSSR count). The van der Waals surface area contributed by atoms with Crippen molar-refractivity contribution in [3.8, 4) is 0 Å². The summed E-state index contributed by atoms with van der Waals surface area (Å²) in [5.74, 6) is -0.118. The zero-order valence-corrected chi connectivity index (χ0v) is 11.9. The molecule has 0 saturated carbocycles. The Morgan fingerprint density at radius 2 is 2.11 bits per heavy atom. The van der Waals surface area contributed by atoms with Gasteiger partial charge in [0.15, 0.2) is 0 Å². The van der Waals surface area contributed by atoms with Gasteiger partial charge in [-0.15, -0.1) is 0 Å². The van der Waals surface area contributed by atoms with Gasteiger partial charge in [0.1, 0.15) is 0 Å². The van der Waals surface area contributed by atoms with Gasteiger partial charge in [-0.1, -0.05) is 46.3 Å². The van der Waals surface area contributed by atoms with E-state index >= 15 is 0 Å². The second-order valence-electron chi connectivity index (χ2n) is 4.38. The molecule has 2 nitrogen and oxygen atoms in total. The van der Waals surface area contributed by atoms with E-state index in [1.54, 1.807) is 0 Å². The number of halogens is 1. The number of hydrogen-bond donors (Lipinski definition) is 0. The van der Waals surface area contributed by atoms with Crippen molar-refractivity contribution in [3.05, 3.63) is 41.5 Å². The third kappa shape index (κ3) is 3.45. The van der Waals surface area contributed by atoms with Crippen molar-refractivity contribution in [2.45, 2.75) is 25.7 Å². The van der Waals surface area contributed by atoms with Gasteiger partial charge in [0.25, 0.3) is 0 Å². The maximum Gasteiger partial charge on any atom is 0.310 e. The van der Waals surface area contributed by atoms with Crippen molar-refractivity contribution in [1.29, 1.82) is 0 Å². The number of hydrogen-bond acceptors (Lipinski definition) is 2. The predicted octanol–water partition coefficient (Wildman–Crippen LogP) is 3.73. The van der Waals surface area contributed by atoms with E-state index in [-0.39, 0.29) is 5.97 Å². The van der Waals surface area contributed by atoms with Gasteiger partial charge in [0, 0.05) is 5.33 Å². The first-order chi connectivity index (χ1) is 8.81. The van der Waals surface area contributed by atoms with Crippen LogP contribution in [0.2, 0.25) is 0 Å². The average Bonchev–Trinajstić information content (AvgIpc) is 2.78. The Morgan fingerprint density at radius 3 is 2.94 bits per heavy atom. The molecule has 0 aliphatic heterocycles.